The zero-order valence-corrected chi connectivity index (χ0v) is 8.61. The summed E-state index contributed by atoms with van der Waals surface area (Å²) in [5, 5.41) is 0. The van der Waals surface area contributed by atoms with Crippen molar-refractivity contribution in [1.82, 2.24) is 0 Å². The summed E-state index contributed by atoms with van der Waals surface area (Å²) in [6.45, 7) is 2.78. The molecular weight excluding hydrogens is 200 g/mol. The Morgan fingerprint density at radius 2 is 2.13 bits per heavy atom. The Balaban J connectivity index is 2.23. The number of furan rings is 1. The second-order valence-electron chi connectivity index (χ2n) is 3.18. The highest BCUT2D eigenvalue weighted by molar-refractivity contribution is 5.90. The first-order chi connectivity index (χ1) is 7.22. The molecule has 1 aromatic rings. The maximum atomic E-state index is 11.3. The number of hydrogen-bond acceptors (Lipinski definition) is 5. The minimum absolute atomic E-state index is 0.409. The lowest BCUT2D eigenvalue weighted by molar-refractivity contribution is -0.0592. The van der Waals surface area contributed by atoms with Crippen molar-refractivity contribution < 1.29 is 23.4 Å². The van der Waals surface area contributed by atoms with Gasteiger partial charge in [-0.05, 0) is 13.0 Å². The highest BCUT2D eigenvalue weighted by Crippen LogP contribution is 2.27. The van der Waals surface area contributed by atoms with E-state index in [9.17, 15) is 4.79 Å². The number of carbonyl (C=O) groups excluding carboxylic acids is 1. The second-order valence-corrected chi connectivity index (χ2v) is 3.18. The molecule has 2 rings (SSSR count). The predicted molar refractivity (Wildman–Crippen MR) is 49.4 cm³/mol. The molecule has 1 fully saturated rings. The van der Waals surface area contributed by atoms with Crippen molar-refractivity contribution in [2.45, 2.75) is 13.2 Å². The lowest BCUT2D eigenvalue weighted by Gasteiger charge is -2.03. The van der Waals surface area contributed by atoms with Gasteiger partial charge in [0.2, 0.25) is 6.29 Å². The van der Waals surface area contributed by atoms with Gasteiger partial charge in [-0.2, -0.15) is 0 Å². The third kappa shape index (κ3) is 1.88. The van der Waals surface area contributed by atoms with Crippen LogP contribution in [-0.4, -0.2) is 26.3 Å². The van der Waals surface area contributed by atoms with Crippen LogP contribution < -0.4 is 0 Å². The Morgan fingerprint density at radius 3 is 2.73 bits per heavy atom. The molecule has 0 unspecified atom stereocenters. The van der Waals surface area contributed by atoms with Gasteiger partial charge in [-0.3, -0.25) is 0 Å². The molecule has 1 aromatic heterocycles. The van der Waals surface area contributed by atoms with Crippen LogP contribution in [0.25, 0.3) is 0 Å². The van der Waals surface area contributed by atoms with Crippen LogP contribution in [0, 0.1) is 6.92 Å². The molecule has 2 heterocycles. The molecule has 0 atom stereocenters. The molecule has 5 nitrogen and oxygen atoms in total. The zero-order chi connectivity index (χ0) is 10.8. The highest BCUT2D eigenvalue weighted by Gasteiger charge is 2.25. The lowest BCUT2D eigenvalue weighted by atomic mass is 10.2. The minimum atomic E-state index is -0.498. The molecule has 1 aliphatic rings. The van der Waals surface area contributed by atoms with E-state index in [1.807, 2.05) is 0 Å². The molecule has 15 heavy (non-hydrogen) atoms. The number of aryl methyl sites for hydroxylation is 1. The Labute approximate surface area is 86.9 Å². The van der Waals surface area contributed by atoms with E-state index in [1.54, 1.807) is 13.0 Å². The number of methoxy groups -OCH3 is 1. The van der Waals surface area contributed by atoms with E-state index in [1.165, 1.54) is 7.11 Å². The molecule has 5 heteroatoms. The summed E-state index contributed by atoms with van der Waals surface area (Å²) in [5.41, 5.74) is 0.409. The summed E-state index contributed by atoms with van der Waals surface area (Å²) in [4.78, 5) is 11.3. The van der Waals surface area contributed by atoms with Gasteiger partial charge in [0.05, 0.1) is 20.3 Å². The maximum absolute atomic E-state index is 11.3. The molecule has 0 radical (unpaired) electrons. The first kappa shape index (κ1) is 10.2. The van der Waals surface area contributed by atoms with Crippen LogP contribution in [-0.2, 0) is 14.2 Å². The summed E-state index contributed by atoms with van der Waals surface area (Å²) < 4.78 is 20.5. The third-order valence-corrected chi connectivity index (χ3v) is 2.20. The number of rotatable bonds is 2. The van der Waals surface area contributed by atoms with Crippen molar-refractivity contribution in [2.24, 2.45) is 0 Å². The summed E-state index contributed by atoms with van der Waals surface area (Å²) in [7, 11) is 1.33. The molecular formula is C10H12O5. The van der Waals surface area contributed by atoms with Gasteiger partial charge in [-0.15, -0.1) is 0 Å². The van der Waals surface area contributed by atoms with Crippen molar-refractivity contribution in [3.63, 3.8) is 0 Å². The smallest absolute Gasteiger partial charge is 0.341 e. The van der Waals surface area contributed by atoms with Crippen LogP contribution in [0.4, 0.5) is 0 Å². The molecule has 0 saturated carbocycles. The first-order valence-corrected chi connectivity index (χ1v) is 4.64. The van der Waals surface area contributed by atoms with Gasteiger partial charge < -0.3 is 18.6 Å². The predicted octanol–water partition coefficient (Wildman–Crippen LogP) is 1.42. The summed E-state index contributed by atoms with van der Waals surface area (Å²) in [6, 6.07) is 1.59. The monoisotopic (exact) mass is 212 g/mol. The number of carbonyl (C=O) groups is 1. The Hall–Kier alpha value is -1.33. The summed E-state index contributed by atoms with van der Waals surface area (Å²) >= 11 is 0. The summed E-state index contributed by atoms with van der Waals surface area (Å²) in [5.74, 6) is 0.599. The molecule has 0 aliphatic carbocycles. The molecule has 1 saturated heterocycles. The normalized spacial score (nSPS) is 16.9. The van der Waals surface area contributed by atoms with Crippen molar-refractivity contribution >= 4 is 5.97 Å². The van der Waals surface area contributed by atoms with E-state index < -0.39 is 12.3 Å². The average Bonchev–Trinajstić information content (AvgIpc) is 2.84. The Kier molecular flexibility index (Phi) is 2.75. The third-order valence-electron chi connectivity index (χ3n) is 2.20. The van der Waals surface area contributed by atoms with E-state index in [4.69, 9.17) is 13.9 Å². The SMILES string of the molecule is COC(=O)c1cc(C2OCCO2)oc1C. The maximum Gasteiger partial charge on any atom is 0.341 e. The fraction of sp³-hybridized carbons (Fsp3) is 0.500. The standard InChI is InChI=1S/C10H12O5/c1-6-7(9(11)12-2)5-8(15-6)10-13-3-4-14-10/h5,10H,3-4H2,1-2H3. The van der Waals surface area contributed by atoms with Crippen molar-refractivity contribution in [3.05, 3.63) is 23.2 Å². The number of hydrogen-bond donors (Lipinski definition) is 0. The molecule has 0 aromatic carbocycles. The molecule has 0 bridgehead atoms. The molecule has 0 spiro atoms. The van der Waals surface area contributed by atoms with Gasteiger partial charge in [-0.25, -0.2) is 4.79 Å². The summed E-state index contributed by atoms with van der Waals surface area (Å²) in [6.07, 6.45) is -0.498. The first-order valence-electron chi connectivity index (χ1n) is 4.64. The quantitative estimate of drug-likeness (QED) is 0.694. The van der Waals surface area contributed by atoms with Crippen LogP contribution >= 0.6 is 0 Å². The zero-order valence-electron chi connectivity index (χ0n) is 8.61. The fourth-order valence-electron chi connectivity index (χ4n) is 1.46. The van der Waals surface area contributed by atoms with Gasteiger partial charge in [0.15, 0.2) is 5.76 Å². The van der Waals surface area contributed by atoms with E-state index in [0.717, 1.165) is 0 Å². The van der Waals surface area contributed by atoms with Crippen molar-refractivity contribution in [2.75, 3.05) is 20.3 Å². The average molecular weight is 212 g/mol. The highest BCUT2D eigenvalue weighted by atomic mass is 16.7. The number of ether oxygens (including phenoxy) is 3. The van der Waals surface area contributed by atoms with E-state index >= 15 is 0 Å². The van der Waals surface area contributed by atoms with E-state index in [0.29, 0.717) is 30.3 Å². The largest absolute Gasteiger partial charge is 0.465 e. The van der Waals surface area contributed by atoms with Gasteiger partial charge in [0, 0.05) is 0 Å². The van der Waals surface area contributed by atoms with Crippen LogP contribution in [0.1, 0.15) is 28.2 Å². The topological polar surface area (TPSA) is 57.9 Å². The van der Waals surface area contributed by atoms with Gasteiger partial charge in [0.1, 0.15) is 11.3 Å². The van der Waals surface area contributed by atoms with E-state index in [-0.39, 0.29) is 0 Å². The van der Waals surface area contributed by atoms with Gasteiger partial charge >= 0.3 is 5.97 Å². The molecule has 82 valence electrons. The molecule has 0 amide bonds. The van der Waals surface area contributed by atoms with Crippen molar-refractivity contribution in [1.29, 1.82) is 0 Å². The van der Waals surface area contributed by atoms with Gasteiger partial charge in [0.25, 0.3) is 0 Å². The van der Waals surface area contributed by atoms with Crippen LogP contribution in [0.15, 0.2) is 10.5 Å². The Bertz CT molecular complexity index is 362. The second kappa shape index (κ2) is 4.04. The molecule has 0 N–H and O–H groups in total. The molecule has 1 aliphatic heterocycles. The minimum Gasteiger partial charge on any atom is -0.465 e. The lowest BCUT2D eigenvalue weighted by Crippen LogP contribution is -2.01. The number of esters is 1. The van der Waals surface area contributed by atoms with E-state index in [2.05, 4.69) is 4.74 Å². The Morgan fingerprint density at radius 1 is 1.47 bits per heavy atom. The van der Waals surface area contributed by atoms with Crippen LogP contribution in [0.2, 0.25) is 0 Å². The fourth-order valence-corrected chi connectivity index (χ4v) is 1.46. The van der Waals surface area contributed by atoms with Crippen molar-refractivity contribution in [3.8, 4) is 0 Å². The van der Waals surface area contributed by atoms with Crippen LogP contribution in [0.5, 0.6) is 0 Å². The van der Waals surface area contributed by atoms with Crippen LogP contribution in [0.3, 0.4) is 0 Å². The van der Waals surface area contributed by atoms with Gasteiger partial charge in [-0.1, -0.05) is 0 Å².